The summed E-state index contributed by atoms with van der Waals surface area (Å²) in [7, 11) is 0. The largest absolute Gasteiger partial charge is 0.309 e. The Morgan fingerprint density at radius 1 is 0.203 bits per heavy atom. The van der Waals surface area contributed by atoms with Gasteiger partial charge in [0.15, 0.2) is 0 Å². The van der Waals surface area contributed by atoms with Crippen molar-refractivity contribution >= 4 is 238 Å². The number of para-hydroxylation sites is 7. The zero-order chi connectivity index (χ0) is 90.8. The number of hydrogen-bond donors (Lipinski definition) is 0. The van der Waals surface area contributed by atoms with Crippen molar-refractivity contribution in [3.05, 3.63) is 447 Å². The summed E-state index contributed by atoms with van der Waals surface area (Å²) in [4.78, 5) is 11.0. The summed E-state index contributed by atoms with van der Waals surface area (Å²) in [5.41, 5.74) is 30.8. The van der Waals surface area contributed by atoms with Crippen LogP contribution in [0.4, 0.5) is 0 Å². The molecule has 0 saturated heterocycles. The number of nitrogens with zero attached hydrogens (tertiary/aromatic N) is 8. The Morgan fingerprint density at radius 3 is 1.04 bits per heavy atom. The van der Waals surface area contributed by atoms with Crippen LogP contribution in [0.1, 0.15) is 50.1 Å². The third-order valence-corrected chi connectivity index (χ3v) is 33.2. The topological polar surface area (TPSA) is 55.4 Å². The minimum Gasteiger partial charge on any atom is -0.309 e. The minimum atomic E-state index is -0.404. The van der Waals surface area contributed by atoms with E-state index in [-0.39, 0.29) is 5.41 Å². The third kappa shape index (κ3) is 10.7. The highest BCUT2D eigenvalue weighted by Crippen LogP contribution is 2.56. The highest BCUT2D eigenvalue weighted by atomic mass is 32.1. The van der Waals surface area contributed by atoms with Gasteiger partial charge in [-0.2, -0.15) is 0 Å². The molecule has 0 aliphatic heterocycles. The molecule has 0 radical (unpaired) electrons. The van der Waals surface area contributed by atoms with Crippen LogP contribution in [0, 0.1) is 10.8 Å². The average Bonchev–Trinajstić information content (AvgIpc) is 1.52. The number of fused-ring (bicyclic) bond motifs is 34. The average molecular weight is 1800 g/mol. The van der Waals surface area contributed by atoms with Crippen LogP contribution in [0.15, 0.2) is 425 Å². The molecular formula is C128H82N8S2. The zero-order valence-electron chi connectivity index (χ0n) is 75.8. The highest BCUT2D eigenvalue weighted by Gasteiger charge is 2.37. The van der Waals surface area contributed by atoms with E-state index >= 15 is 0 Å². The molecule has 0 saturated carbocycles. The number of aromatic nitrogens is 8. The lowest BCUT2D eigenvalue weighted by Crippen LogP contribution is -2.14. The van der Waals surface area contributed by atoms with E-state index in [4.69, 9.17) is 9.97 Å². The van der Waals surface area contributed by atoms with Crippen molar-refractivity contribution in [2.24, 2.45) is 10.8 Å². The van der Waals surface area contributed by atoms with Gasteiger partial charge >= 0.3 is 0 Å². The van der Waals surface area contributed by atoms with Crippen molar-refractivity contribution in [1.29, 1.82) is 0 Å². The van der Waals surface area contributed by atoms with Crippen LogP contribution in [0.2, 0.25) is 0 Å². The molecule has 10 aromatic heterocycles. The second kappa shape index (κ2) is 28.8. The normalized spacial score (nSPS) is 14.1. The molecule has 18 aromatic carbocycles. The van der Waals surface area contributed by atoms with Crippen LogP contribution in [-0.4, -0.2) is 37.4 Å². The first-order valence-corrected chi connectivity index (χ1v) is 49.3. The second-order valence-electron chi connectivity index (χ2n) is 38.5. The smallest absolute Gasteiger partial charge is 0.137 e. The SMILES string of the molecule is CC1(C)C(c2ccc(-n3c4ccccc4c4c5sc6ccccc6c5ccc43)cc2)=CC=C1c1ccc(-n2c3ccccc3c3c4sc5cc(-c6ccc(-n7c8ccccc8c8c7c7ccccc7c7c9ccccc9n(-c9ccc(C%10=CC=C(c%11ccc(-n%12c%13ccccc%13c%13c%14ccccc%14c%14c(c%15ccccc%15n%14-c%14ccccc%14)c%13%12)nc%11)C%10(C)C)nc9)c78)cc6)ccc5c4ccc32)cc1. The molecule has 28 aromatic rings. The summed E-state index contributed by atoms with van der Waals surface area (Å²) in [6.45, 7) is 9.42. The van der Waals surface area contributed by atoms with Gasteiger partial charge in [-0.3, -0.25) is 9.55 Å². The van der Waals surface area contributed by atoms with Crippen molar-refractivity contribution in [3.63, 3.8) is 0 Å². The Labute approximate surface area is 800 Å². The molecule has 10 heteroatoms. The molecule has 2 aliphatic carbocycles. The van der Waals surface area contributed by atoms with Gasteiger partial charge in [-0.15, -0.1) is 22.7 Å². The molecule has 0 spiro atoms. The number of rotatable bonds is 11. The van der Waals surface area contributed by atoms with Crippen LogP contribution in [0.5, 0.6) is 0 Å². The van der Waals surface area contributed by atoms with Gasteiger partial charge in [0.2, 0.25) is 0 Å². The number of thiophene rings is 2. The first-order chi connectivity index (χ1) is 68.0. The van der Waals surface area contributed by atoms with Crippen LogP contribution in [-0.2, 0) is 0 Å². The van der Waals surface area contributed by atoms with Gasteiger partial charge in [0.05, 0.1) is 83.8 Å². The molecule has 646 valence electrons. The summed E-state index contributed by atoms with van der Waals surface area (Å²) in [6, 6.07) is 145. The Kier molecular flexibility index (Phi) is 16.1. The Balaban J connectivity index is 0.457. The Bertz CT molecular complexity index is 10400. The second-order valence-corrected chi connectivity index (χ2v) is 40.6. The quantitative estimate of drug-likeness (QED) is 0.130. The zero-order valence-corrected chi connectivity index (χ0v) is 77.4. The molecule has 138 heavy (non-hydrogen) atoms. The maximum atomic E-state index is 5.49. The molecule has 8 nitrogen and oxygen atoms in total. The van der Waals surface area contributed by atoms with E-state index in [1.54, 1.807) is 0 Å². The molecule has 0 atom stereocenters. The number of pyridine rings is 2. The van der Waals surface area contributed by atoms with E-state index in [2.05, 4.69) is 480 Å². The van der Waals surface area contributed by atoms with Crippen molar-refractivity contribution in [2.45, 2.75) is 27.7 Å². The van der Waals surface area contributed by atoms with E-state index in [1.807, 2.05) is 22.7 Å². The highest BCUT2D eigenvalue weighted by molar-refractivity contribution is 7.27. The van der Waals surface area contributed by atoms with E-state index < -0.39 is 5.41 Å². The summed E-state index contributed by atoms with van der Waals surface area (Å²) >= 11 is 3.81. The van der Waals surface area contributed by atoms with E-state index in [0.29, 0.717) is 0 Å². The summed E-state index contributed by atoms with van der Waals surface area (Å²) in [6.07, 6.45) is 13.4. The first-order valence-electron chi connectivity index (χ1n) is 47.7. The van der Waals surface area contributed by atoms with Crippen LogP contribution in [0.3, 0.4) is 0 Å². The van der Waals surface area contributed by atoms with Gasteiger partial charge in [-0.1, -0.05) is 307 Å². The molecule has 10 heterocycles. The van der Waals surface area contributed by atoms with Gasteiger partial charge in [-0.25, -0.2) is 4.98 Å². The number of hydrogen-bond acceptors (Lipinski definition) is 4. The molecule has 0 N–H and O–H groups in total. The lowest BCUT2D eigenvalue weighted by atomic mass is 9.75. The molecule has 0 unspecified atom stereocenters. The van der Waals surface area contributed by atoms with E-state index in [1.165, 1.54) is 204 Å². The van der Waals surface area contributed by atoms with E-state index in [0.717, 1.165) is 78.7 Å². The fourth-order valence-electron chi connectivity index (χ4n) is 24.6. The monoisotopic (exact) mass is 1790 g/mol. The summed E-state index contributed by atoms with van der Waals surface area (Å²) in [5.74, 6) is 0.870. The maximum Gasteiger partial charge on any atom is 0.137 e. The van der Waals surface area contributed by atoms with Gasteiger partial charge < -0.3 is 22.8 Å². The molecule has 30 rings (SSSR count). The van der Waals surface area contributed by atoms with Gasteiger partial charge in [0.25, 0.3) is 0 Å². The molecule has 0 amide bonds. The van der Waals surface area contributed by atoms with Gasteiger partial charge in [0, 0.05) is 156 Å². The lowest BCUT2D eigenvalue weighted by molar-refractivity contribution is 0.678. The molecule has 0 fully saturated rings. The van der Waals surface area contributed by atoms with E-state index in [9.17, 15) is 0 Å². The predicted molar refractivity (Wildman–Crippen MR) is 587 cm³/mol. The fraction of sp³-hybridized carbons (Fsp3) is 0.0469. The fourth-order valence-corrected chi connectivity index (χ4v) is 27.2. The third-order valence-electron chi connectivity index (χ3n) is 30.8. The molecular weight excluding hydrogens is 1710 g/mol. The maximum absolute atomic E-state index is 5.49. The number of allylic oxidation sites excluding steroid dienone is 8. The minimum absolute atomic E-state index is 0.234. The van der Waals surface area contributed by atoms with Crippen LogP contribution < -0.4 is 0 Å². The van der Waals surface area contributed by atoms with Crippen LogP contribution in [0.25, 0.3) is 260 Å². The van der Waals surface area contributed by atoms with Gasteiger partial charge in [0.1, 0.15) is 5.82 Å². The summed E-state index contributed by atoms with van der Waals surface area (Å²) < 4.78 is 20.0. The predicted octanol–water partition coefficient (Wildman–Crippen LogP) is 34.8. The summed E-state index contributed by atoms with van der Waals surface area (Å²) in [5, 5.41) is 24.9. The standard InChI is InChI=1S/C128H82N8S2/c1-127(2)99(76-48-56-81(57-49-76)131-104-39-19-14-35-95(104)117-110(131)69-62-91-85-28-18-25-45-112(85)137-125(91)117)64-65-100(127)77-50-58-82(59-51-77)132-105-40-20-15-36-96(105)118-111(132)70-63-92-86-61-52-78(72-113(86)138-126(92)118)75-46-54-83(55-47-75)134-108-43-23-16-37-97(108)119-121(134)89-31-10-8-29-87(89)115-93-33-12-21-41-106(93)135(123(115)119)84-60-68-103(129-74-84)102-67-66-101(128(102,3)4)79-53-71-114(130-73-79)136-109-44-24-13-34-94(109)116-88-30-9-11-32-90(88)122-120(124(116)136)98-38-17-22-42-107(98)133(122)80-26-6-5-7-27-80/h5-74H,1-4H3. The Morgan fingerprint density at radius 2 is 0.551 bits per heavy atom. The van der Waals surface area contributed by atoms with Crippen molar-refractivity contribution < 1.29 is 0 Å². The van der Waals surface area contributed by atoms with Crippen molar-refractivity contribution in [3.8, 4) is 45.4 Å². The number of benzene rings is 18. The van der Waals surface area contributed by atoms with Gasteiger partial charge in [-0.05, 0) is 194 Å². The molecule has 0 bridgehead atoms. The van der Waals surface area contributed by atoms with Crippen molar-refractivity contribution in [2.75, 3.05) is 0 Å². The molecule has 2 aliphatic rings. The first kappa shape index (κ1) is 77.4. The van der Waals surface area contributed by atoms with Crippen LogP contribution >= 0.6 is 22.7 Å². The lowest BCUT2D eigenvalue weighted by Gasteiger charge is -2.28. The Hall–Kier alpha value is -17.0. The van der Waals surface area contributed by atoms with Crippen molar-refractivity contribution in [1.82, 2.24) is 37.4 Å².